The van der Waals surface area contributed by atoms with E-state index in [0.717, 1.165) is 44.7 Å². The van der Waals surface area contributed by atoms with Crippen molar-refractivity contribution in [3.63, 3.8) is 0 Å². The Morgan fingerprint density at radius 1 is 1.05 bits per heavy atom. The molecular weight excluding hydrogens is 510 g/mol. The molecule has 38 heavy (non-hydrogen) atoms. The molecule has 0 amide bonds. The maximum Gasteiger partial charge on any atom is 0.162 e. The van der Waals surface area contributed by atoms with Crippen LogP contribution in [0.5, 0.6) is 5.75 Å². The van der Waals surface area contributed by atoms with E-state index in [1.807, 2.05) is 13.1 Å². The van der Waals surface area contributed by atoms with Crippen LogP contribution in [0.3, 0.4) is 0 Å². The van der Waals surface area contributed by atoms with Crippen LogP contribution < -0.4 is 20.3 Å². The van der Waals surface area contributed by atoms with Crippen LogP contribution in [0, 0.1) is 5.92 Å². The summed E-state index contributed by atoms with van der Waals surface area (Å²) in [6.45, 7) is 4.15. The summed E-state index contributed by atoms with van der Waals surface area (Å²) in [6, 6.07) is 7.39. The highest BCUT2D eigenvalue weighted by Gasteiger charge is 2.23. The molecular formula is C27H40ClN5O5. The SMILES string of the molecule is CNCC(O)COc1cc(Cl)cc(-c2nc(C(O)NCC3CCOCC3)cc(N(C)C3CCOCC3)n2)c1. The van der Waals surface area contributed by atoms with Gasteiger partial charge in [0.05, 0.1) is 5.69 Å². The summed E-state index contributed by atoms with van der Waals surface area (Å²) < 4.78 is 16.8. The molecule has 4 rings (SSSR count). The number of hydrogen-bond donors (Lipinski definition) is 4. The minimum absolute atomic E-state index is 0.119. The van der Waals surface area contributed by atoms with Crippen molar-refractivity contribution >= 4 is 17.4 Å². The molecule has 3 heterocycles. The molecule has 0 aliphatic carbocycles. The number of aliphatic hydroxyl groups is 2. The van der Waals surface area contributed by atoms with Crippen molar-refractivity contribution in [2.45, 2.75) is 44.1 Å². The predicted octanol–water partition coefficient (Wildman–Crippen LogP) is 2.38. The van der Waals surface area contributed by atoms with Crippen molar-refractivity contribution < 1.29 is 24.4 Å². The zero-order valence-electron chi connectivity index (χ0n) is 22.2. The average Bonchev–Trinajstić information content (AvgIpc) is 2.95. The number of benzene rings is 1. The van der Waals surface area contributed by atoms with E-state index < -0.39 is 12.3 Å². The lowest BCUT2D eigenvalue weighted by molar-refractivity contribution is 0.0563. The minimum Gasteiger partial charge on any atom is -0.491 e. The second-order valence-corrected chi connectivity index (χ2v) is 10.4. The highest BCUT2D eigenvalue weighted by atomic mass is 35.5. The molecule has 1 aromatic heterocycles. The van der Waals surface area contributed by atoms with E-state index in [4.69, 9.17) is 35.8 Å². The first-order chi connectivity index (χ1) is 18.4. The number of ether oxygens (including phenoxy) is 3. The van der Waals surface area contributed by atoms with Gasteiger partial charge in [0.2, 0.25) is 0 Å². The van der Waals surface area contributed by atoms with Gasteiger partial charge in [0.1, 0.15) is 30.5 Å². The zero-order chi connectivity index (χ0) is 26.9. The van der Waals surface area contributed by atoms with Crippen LogP contribution in [0.25, 0.3) is 11.4 Å². The zero-order valence-corrected chi connectivity index (χ0v) is 23.0. The first kappa shape index (κ1) is 28.9. The van der Waals surface area contributed by atoms with E-state index in [1.165, 1.54) is 0 Å². The van der Waals surface area contributed by atoms with E-state index >= 15 is 0 Å². The lowest BCUT2D eigenvalue weighted by Gasteiger charge is -2.32. The van der Waals surface area contributed by atoms with Crippen molar-refractivity contribution in [2.75, 3.05) is 65.1 Å². The Kier molecular flexibility index (Phi) is 10.9. The number of hydrogen-bond acceptors (Lipinski definition) is 10. The molecule has 2 atom stereocenters. The van der Waals surface area contributed by atoms with Crippen molar-refractivity contribution in [1.82, 2.24) is 20.6 Å². The predicted molar refractivity (Wildman–Crippen MR) is 147 cm³/mol. The molecule has 2 fully saturated rings. The largest absolute Gasteiger partial charge is 0.491 e. The molecule has 10 nitrogen and oxygen atoms in total. The van der Waals surface area contributed by atoms with Gasteiger partial charge in [-0.3, -0.25) is 5.32 Å². The fourth-order valence-corrected chi connectivity index (χ4v) is 4.98. The van der Waals surface area contributed by atoms with Crippen molar-refractivity contribution in [1.29, 1.82) is 0 Å². The Labute approximate surface area is 229 Å². The Hall–Kier alpha value is -2.05. The number of anilines is 1. The Morgan fingerprint density at radius 2 is 1.76 bits per heavy atom. The standard InChI is InChI=1S/C27H40ClN5O5/c1-29-16-22(34)17-38-23-12-19(11-20(28)13-23)26-31-24(27(35)30-15-18-3-7-36-8-4-18)14-25(32-26)33(2)21-5-9-37-10-6-21/h11-14,18,21-22,27,29-30,34-35H,3-10,15-17H2,1-2H3. The summed E-state index contributed by atoms with van der Waals surface area (Å²) in [7, 11) is 3.79. The molecule has 2 saturated heterocycles. The summed E-state index contributed by atoms with van der Waals surface area (Å²) in [5, 5.41) is 27.7. The summed E-state index contributed by atoms with van der Waals surface area (Å²) in [5.74, 6) is 2.12. The van der Waals surface area contributed by atoms with Gasteiger partial charge < -0.3 is 34.6 Å². The highest BCUT2D eigenvalue weighted by Crippen LogP contribution is 2.30. The van der Waals surface area contributed by atoms with E-state index in [2.05, 4.69) is 15.5 Å². The summed E-state index contributed by atoms with van der Waals surface area (Å²) in [4.78, 5) is 11.7. The summed E-state index contributed by atoms with van der Waals surface area (Å²) >= 11 is 6.43. The third-order valence-electron chi connectivity index (χ3n) is 7.06. The fourth-order valence-electron chi connectivity index (χ4n) is 4.76. The number of halogens is 1. The fraction of sp³-hybridized carbons (Fsp3) is 0.630. The molecule has 4 N–H and O–H groups in total. The molecule has 2 unspecified atom stereocenters. The first-order valence-corrected chi connectivity index (χ1v) is 13.8. The van der Waals surface area contributed by atoms with Crippen LogP contribution >= 0.6 is 11.6 Å². The topological polar surface area (TPSA) is 121 Å². The molecule has 11 heteroatoms. The van der Waals surface area contributed by atoms with Crippen LogP contribution in [0.4, 0.5) is 5.82 Å². The number of nitrogens with one attached hydrogen (secondary N) is 2. The maximum atomic E-state index is 11.1. The van der Waals surface area contributed by atoms with Gasteiger partial charge in [-0.1, -0.05) is 11.6 Å². The van der Waals surface area contributed by atoms with E-state index in [-0.39, 0.29) is 12.6 Å². The van der Waals surface area contributed by atoms with Crippen LogP contribution in [0.2, 0.25) is 5.02 Å². The van der Waals surface area contributed by atoms with Crippen molar-refractivity contribution in [3.8, 4) is 17.1 Å². The third kappa shape index (κ3) is 8.22. The Bertz CT molecular complexity index is 1020. The molecule has 2 aromatic rings. The Morgan fingerprint density at radius 3 is 2.47 bits per heavy atom. The molecule has 0 spiro atoms. The normalized spacial score (nSPS) is 18.8. The van der Waals surface area contributed by atoms with Crippen LogP contribution in [0.15, 0.2) is 24.3 Å². The number of likely N-dealkylation sites (N-methyl/N-ethyl adjacent to an activating group) is 1. The van der Waals surface area contributed by atoms with Crippen LogP contribution in [0.1, 0.15) is 37.6 Å². The van der Waals surface area contributed by atoms with Gasteiger partial charge in [0, 0.05) is 69.3 Å². The summed E-state index contributed by atoms with van der Waals surface area (Å²) in [6.07, 6.45) is 2.15. The quantitative estimate of drug-likeness (QED) is 0.294. The van der Waals surface area contributed by atoms with Gasteiger partial charge in [0.15, 0.2) is 5.82 Å². The van der Waals surface area contributed by atoms with Crippen molar-refractivity contribution in [2.24, 2.45) is 5.92 Å². The van der Waals surface area contributed by atoms with Crippen molar-refractivity contribution in [3.05, 3.63) is 35.0 Å². The number of rotatable bonds is 12. The molecule has 1 aromatic carbocycles. The van der Waals surface area contributed by atoms with Gasteiger partial charge in [-0.15, -0.1) is 0 Å². The number of nitrogens with zero attached hydrogens (tertiary/aromatic N) is 3. The van der Waals surface area contributed by atoms with Gasteiger partial charge in [0.25, 0.3) is 0 Å². The van der Waals surface area contributed by atoms with Gasteiger partial charge in [-0.25, -0.2) is 9.97 Å². The lowest BCUT2D eigenvalue weighted by Crippen LogP contribution is -2.37. The molecule has 0 radical (unpaired) electrons. The van der Waals surface area contributed by atoms with E-state index in [0.29, 0.717) is 60.1 Å². The molecule has 2 aliphatic heterocycles. The number of aliphatic hydroxyl groups excluding tert-OH is 2. The molecule has 2 aliphatic rings. The smallest absolute Gasteiger partial charge is 0.162 e. The van der Waals surface area contributed by atoms with Gasteiger partial charge in [-0.05, 0) is 56.8 Å². The van der Waals surface area contributed by atoms with E-state index in [9.17, 15) is 10.2 Å². The monoisotopic (exact) mass is 549 g/mol. The van der Waals surface area contributed by atoms with E-state index in [1.54, 1.807) is 25.2 Å². The third-order valence-corrected chi connectivity index (χ3v) is 7.28. The number of aromatic nitrogens is 2. The molecule has 210 valence electrons. The maximum absolute atomic E-state index is 11.1. The Balaban J connectivity index is 1.60. The van der Waals surface area contributed by atoms with Crippen LogP contribution in [-0.2, 0) is 9.47 Å². The second kappa shape index (κ2) is 14.4. The summed E-state index contributed by atoms with van der Waals surface area (Å²) in [5.41, 5.74) is 1.15. The molecule has 0 saturated carbocycles. The van der Waals surface area contributed by atoms with Crippen LogP contribution in [-0.4, -0.2) is 92.5 Å². The second-order valence-electron chi connectivity index (χ2n) is 9.99. The molecule has 0 bridgehead atoms. The average molecular weight is 550 g/mol. The lowest BCUT2D eigenvalue weighted by atomic mass is 10.0. The minimum atomic E-state index is -0.951. The highest BCUT2D eigenvalue weighted by molar-refractivity contribution is 6.31. The van der Waals surface area contributed by atoms with Gasteiger partial charge in [-0.2, -0.15) is 0 Å². The van der Waals surface area contributed by atoms with Gasteiger partial charge >= 0.3 is 0 Å². The first-order valence-electron chi connectivity index (χ1n) is 13.4.